The number of hydrogen-bond donors (Lipinski definition) is 2. The summed E-state index contributed by atoms with van der Waals surface area (Å²) in [5.41, 5.74) is 1.42. The minimum absolute atomic E-state index is 0. The zero-order valence-electron chi connectivity index (χ0n) is 15.5. The fourth-order valence-corrected chi connectivity index (χ4v) is 2.98. The fourth-order valence-electron chi connectivity index (χ4n) is 2.14. The van der Waals surface area contributed by atoms with Gasteiger partial charge in [0.1, 0.15) is 5.82 Å². The normalized spacial score (nSPS) is 12.5. The van der Waals surface area contributed by atoms with E-state index in [4.69, 9.17) is 0 Å². The van der Waals surface area contributed by atoms with Gasteiger partial charge in [0.25, 0.3) is 0 Å². The van der Waals surface area contributed by atoms with Crippen molar-refractivity contribution in [3.63, 3.8) is 0 Å². The molecule has 0 fully saturated rings. The second kappa shape index (κ2) is 10.3. The Kier molecular flexibility index (Phi) is 9.93. The van der Waals surface area contributed by atoms with Crippen LogP contribution in [0.25, 0.3) is 0 Å². The van der Waals surface area contributed by atoms with Crippen molar-refractivity contribution in [2.75, 3.05) is 19.8 Å². The Morgan fingerprint density at radius 1 is 1.20 bits per heavy atom. The van der Waals surface area contributed by atoms with Gasteiger partial charge in [-0.25, -0.2) is 12.8 Å². The number of guanidine groups is 1. The van der Waals surface area contributed by atoms with Crippen LogP contribution in [0.15, 0.2) is 23.2 Å². The van der Waals surface area contributed by atoms with Crippen LogP contribution in [0.5, 0.6) is 0 Å². The largest absolute Gasteiger partial charge is 0.356 e. The van der Waals surface area contributed by atoms with E-state index < -0.39 is 9.84 Å². The van der Waals surface area contributed by atoms with E-state index >= 15 is 0 Å². The van der Waals surface area contributed by atoms with Crippen molar-refractivity contribution in [2.24, 2.45) is 10.4 Å². The van der Waals surface area contributed by atoms with Crippen molar-refractivity contribution in [3.8, 4) is 0 Å². The summed E-state index contributed by atoms with van der Waals surface area (Å²) in [6, 6.07) is 4.15. The number of nitrogens with one attached hydrogen (secondary N) is 2. The maximum absolute atomic E-state index is 13.5. The van der Waals surface area contributed by atoms with Crippen molar-refractivity contribution < 1.29 is 12.8 Å². The summed E-state index contributed by atoms with van der Waals surface area (Å²) in [4.78, 5) is 4.13. The molecular weight excluding hydrogens is 456 g/mol. The molecule has 0 heterocycles. The minimum atomic E-state index is -3.18. The van der Waals surface area contributed by atoms with E-state index in [1.165, 1.54) is 24.5 Å². The van der Waals surface area contributed by atoms with E-state index in [1.807, 2.05) is 0 Å². The smallest absolute Gasteiger partial charge is 0.191 e. The molecule has 25 heavy (non-hydrogen) atoms. The van der Waals surface area contributed by atoms with E-state index in [2.05, 4.69) is 36.4 Å². The van der Waals surface area contributed by atoms with Gasteiger partial charge in [-0.1, -0.05) is 26.8 Å². The maximum Gasteiger partial charge on any atom is 0.191 e. The van der Waals surface area contributed by atoms with Gasteiger partial charge in [0.05, 0.1) is 5.75 Å². The second-order valence-corrected chi connectivity index (χ2v) is 9.29. The number of nitrogens with zero attached hydrogens (tertiary/aromatic N) is 1. The van der Waals surface area contributed by atoms with Crippen LogP contribution in [-0.4, -0.2) is 34.2 Å². The number of benzene rings is 1. The van der Waals surface area contributed by atoms with Crippen LogP contribution in [0.1, 0.15) is 38.3 Å². The van der Waals surface area contributed by atoms with Crippen LogP contribution in [0.3, 0.4) is 0 Å². The molecule has 5 nitrogen and oxygen atoms in total. The summed E-state index contributed by atoms with van der Waals surface area (Å²) in [6.45, 7) is 7.56. The first-order valence-corrected chi connectivity index (χ1v) is 9.96. The number of hydrogen-bond acceptors (Lipinski definition) is 3. The number of rotatable bonds is 6. The monoisotopic (exact) mass is 485 g/mol. The fraction of sp³-hybridized carbons (Fsp3) is 0.588. The quantitative estimate of drug-likeness (QED) is 0.369. The highest BCUT2D eigenvalue weighted by molar-refractivity contribution is 14.0. The highest BCUT2D eigenvalue weighted by atomic mass is 127. The van der Waals surface area contributed by atoms with Crippen LogP contribution in [0, 0.1) is 11.2 Å². The highest BCUT2D eigenvalue weighted by Gasteiger charge is 2.12. The third kappa shape index (κ3) is 10.6. The Morgan fingerprint density at radius 2 is 1.84 bits per heavy atom. The molecule has 0 saturated heterocycles. The lowest BCUT2D eigenvalue weighted by Gasteiger charge is -2.19. The van der Waals surface area contributed by atoms with Crippen LogP contribution >= 0.6 is 24.0 Å². The third-order valence-electron chi connectivity index (χ3n) is 3.42. The molecule has 0 bridgehead atoms. The van der Waals surface area contributed by atoms with Crippen LogP contribution < -0.4 is 10.6 Å². The lowest BCUT2D eigenvalue weighted by atomic mass is 9.92. The first-order valence-electron chi connectivity index (χ1n) is 7.90. The Bertz CT molecular complexity index is 686. The summed E-state index contributed by atoms with van der Waals surface area (Å²) < 4.78 is 36.5. The summed E-state index contributed by atoms with van der Waals surface area (Å²) in [6.07, 6.45) is 2.15. The van der Waals surface area contributed by atoms with Gasteiger partial charge < -0.3 is 10.6 Å². The summed E-state index contributed by atoms with van der Waals surface area (Å²) in [7, 11) is -1.52. The van der Waals surface area contributed by atoms with Gasteiger partial charge in [-0.15, -0.1) is 24.0 Å². The Balaban J connectivity index is 0.00000576. The lowest BCUT2D eigenvalue weighted by Crippen LogP contribution is -2.38. The molecule has 1 aromatic rings. The minimum Gasteiger partial charge on any atom is -0.356 e. The summed E-state index contributed by atoms with van der Waals surface area (Å²) in [5.74, 6) is 0.105. The van der Waals surface area contributed by atoms with Crippen molar-refractivity contribution in [3.05, 3.63) is 35.1 Å². The number of halogens is 2. The van der Waals surface area contributed by atoms with Crippen LogP contribution in [-0.2, 0) is 22.1 Å². The van der Waals surface area contributed by atoms with E-state index in [1.54, 1.807) is 7.05 Å². The van der Waals surface area contributed by atoms with Crippen molar-refractivity contribution in [1.29, 1.82) is 0 Å². The molecule has 1 rings (SSSR count). The summed E-state index contributed by atoms with van der Waals surface area (Å²) in [5, 5.41) is 6.31. The van der Waals surface area contributed by atoms with Gasteiger partial charge in [-0.3, -0.25) is 4.99 Å². The van der Waals surface area contributed by atoms with Gasteiger partial charge in [-0.2, -0.15) is 0 Å². The first-order chi connectivity index (χ1) is 11.0. The topological polar surface area (TPSA) is 70.6 Å². The van der Waals surface area contributed by atoms with Gasteiger partial charge >= 0.3 is 0 Å². The molecule has 0 aliphatic rings. The molecule has 0 radical (unpaired) electrons. The zero-order chi connectivity index (χ0) is 18.4. The summed E-state index contributed by atoms with van der Waals surface area (Å²) >= 11 is 0. The van der Waals surface area contributed by atoms with Crippen molar-refractivity contribution >= 4 is 39.8 Å². The molecule has 0 atom stereocenters. The standard InChI is InChI=1S/C17H28FN3O2S.HI/c1-17(2,3)8-9-20-16(19-4)21-11-14-10-15(18)7-6-13(14)12-24(5,22)23;/h6-7,10H,8-9,11-12H2,1-5H3,(H2,19,20,21);1H. The number of sulfone groups is 1. The van der Waals surface area contributed by atoms with Gasteiger partial charge in [0.15, 0.2) is 15.8 Å². The molecule has 2 N–H and O–H groups in total. The Labute approximate surface area is 167 Å². The zero-order valence-corrected chi connectivity index (χ0v) is 18.7. The van der Waals surface area contributed by atoms with Gasteiger partial charge in [0, 0.05) is 26.4 Å². The van der Waals surface area contributed by atoms with E-state index in [0.29, 0.717) is 23.6 Å². The molecule has 8 heteroatoms. The highest BCUT2D eigenvalue weighted by Crippen LogP contribution is 2.17. The maximum atomic E-state index is 13.5. The van der Waals surface area contributed by atoms with E-state index in [-0.39, 0.29) is 41.0 Å². The Hall–Kier alpha value is -0.900. The molecule has 0 amide bonds. The molecule has 0 aliphatic heterocycles. The average molecular weight is 485 g/mol. The molecule has 0 aliphatic carbocycles. The van der Waals surface area contributed by atoms with Crippen LogP contribution in [0.4, 0.5) is 4.39 Å². The lowest BCUT2D eigenvalue weighted by molar-refractivity contribution is 0.377. The predicted octanol–water partition coefficient (Wildman–Crippen LogP) is 3.09. The van der Waals surface area contributed by atoms with E-state index in [9.17, 15) is 12.8 Å². The molecule has 1 aromatic carbocycles. The van der Waals surface area contributed by atoms with Gasteiger partial charge in [-0.05, 0) is 35.1 Å². The molecule has 144 valence electrons. The SMILES string of the molecule is CN=C(NCCC(C)(C)C)NCc1cc(F)ccc1CS(C)(=O)=O.I. The van der Waals surface area contributed by atoms with E-state index in [0.717, 1.165) is 13.0 Å². The second-order valence-electron chi connectivity index (χ2n) is 7.15. The molecule has 0 aromatic heterocycles. The molecule has 0 spiro atoms. The van der Waals surface area contributed by atoms with Gasteiger partial charge in [0.2, 0.25) is 0 Å². The number of aliphatic imine (C=N–C) groups is 1. The van der Waals surface area contributed by atoms with Crippen molar-refractivity contribution in [2.45, 2.75) is 39.5 Å². The first kappa shape index (κ1) is 24.1. The molecular formula is C17H29FIN3O2S. The van der Waals surface area contributed by atoms with Crippen LogP contribution in [0.2, 0.25) is 0 Å². The third-order valence-corrected chi connectivity index (χ3v) is 4.26. The Morgan fingerprint density at radius 3 is 2.36 bits per heavy atom. The molecule has 0 unspecified atom stereocenters. The predicted molar refractivity (Wildman–Crippen MR) is 113 cm³/mol. The van der Waals surface area contributed by atoms with Crippen molar-refractivity contribution in [1.82, 2.24) is 10.6 Å². The average Bonchev–Trinajstić information content (AvgIpc) is 2.42. The molecule has 0 saturated carbocycles.